The van der Waals surface area contributed by atoms with E-state index in [-0.39, 0.29) is 18.6 Å². The molecule has 0 aromatic rings. The SMILES string of the molecule is [O]=[V][O]P(=O)(O)O.[V]. The second-order valence-corrected chi connectivity index (χ2v) is 2.79. The van der Waals surface area contributed by atoms with E-state index in [0.29, 0.717) is 0 Å². The van der Waals surface area contributed by atoms with Gasteiger partial charge in [-0.3, -0.25) is 0 Å². The van der Waals surface area contributed by atoms with Gasteiger partial charge in [0.25, 0.3) is 0 Å². The fourth-order valence-corrected chi connectivity index (χ4v) is 0.537. The molecule has 0 heterocycles. The van der Waals surface area contributed by atoms with Crippen molar-refractivity contribution in [1.29, 1.82) is 0 Å². The molecular weight excluding hydrogens is 213 g/mol. The Morgan fingerprint density at radius 2 is 1.88 bits per heavy atom. The van der Waals surface area contributed by atoms with Gasteiger partial charge in [0.2, 0.25) is 0 Å². The molecule has 0 atom stereocenters. The molecule has 0 saturated heterocycles. The normalized spacial score (nSPS) is 9.75. The van der Waals surface area contributed by atoms with Crippen LogP contribution in [0.4, 0.5) is 0 Å². The van der Waals surface area contributed by atoms with Gasteiger partial charge >= 0.3 is 45.9 Å². The molecule has 0 unspecified atom stereocenters. The molecule has 0 aliphatic rings. The first-order valence-electron chi connectivity index (χ1n) is 1.13. The third kappa shape index (κ3) is 10.1. The molecule has 0 aromatic heterocycles. The van der Waals surface area contributed by atoms with Gasteiger partial charge in [-0.25, -0.2) is 0 Å². The number of rotatable bonds is 2. The van der Waals surface area contributed by atoms with Crippen LogP contribution in [0.2, 0.25) is 0 Å². The molecular formula is H2O5PV2. The maximum Gasteiger partial charge on any atom is 0 e. The second-order valence-electron chi connectivity index (χ2n) is 0.647. The summed E-state index contributed by atoms with van der Waals surface area (Å²) < 4.78 is 22.3. The van der Waals surface area contributed by atoms with Crippen molar-refractivity contribution < 1.29 is 56.6 Å². The molecule has 0 aromatic carbocycles. The summed E-state index contributed by atoms with van der Waals surface area (Å²) in [4.78, 5) is 15.5. The molecule has 0 aliphatic carbocycles. The zero-order valence-electron chi connectivity index (χ0n) is 3.46. The molecule has 0 aliphatic heterocycles. The summed E-state index contributed by atoms with van der Waals surface area (Å²) in [5.41, 5.74) is 0. The minimum absolute atomic E-state index is 0. The molecule has 0 amide bonds. The van der Waals surface area contributed by atoms with Gasteiger partial charge in [-0.2, -0.15) is 0 Å². The first kappa shape index (κ1) is 11.8. The fourth-order valence-electron chi connectivity index (χ4n) is 0.0434. The monoisotopic (exact) mass is 215 g/mol. The molecule has 1 radical (unpaired) electrons. The standard InChI is InChI=1S/H3O4P.O.2V/c1-5(2,3)4;;;/h(H3,1,2,3,4);;;/q;;;+1/p-1. The Bertz CT molecular complexity index is 103. The largest absolute Gasteiger partial charge is 0 e. The summed E-state index contributed by atoms with van der Waals surface area (Å²) in [6.07, 6.45) is 0. The minimum atomic E-state index is -4.44. The van der Waals surface area contributed by atoms with E-state index < -0.39 is 24.4 Å². The predicted octanol–water partition coefficient (Wildman–Crippen LogP) is -0.564. The van der Waals surface area contributed by atoms with Crippen LogP contribution in [0, 0.1) is 0 Å². The van der Waals surface area contributed by atoms with Crippen LogP contribution in [0.25, 0.3) is 0 Å². The van der Waals surface area contributed by atoms with Crippen LogP contribution < -0.4 is 0 Å². The summed E-state index contributed by atoms with van der Waals surface area (Å²) in [5, 5.41) is 0. The Morgan fingerprint density at radius 1 is 1.50 bits per heavy atom. The van der Waals surface area contributed by atoms with Crippen LogP contribution in [0.1, 0.15) is 0 Å². The van der Waals surface area contributed by atoms with Crippen molar-refractivity contribution in [1.82, 2.24) is 0 Å². The van der Waals surface area contributed by atoms with Crippen molar-refractivity contribution in [3.05, 3.63) is 0 Å². The van der Waals surface area contributed by atoms with E-state index in [9.17, 15) is 8.24 Å². The van der Waals surface area contributed by atoms with Gasteiger partial charge < -0.3 is 0 Å². The molecule has 0 spiro atoms. The summed E-state index contributed by atoms with van der Waals surface area (Å²) in [6.45, 7) is 0. The molecule has 0 rings (SSSR count). The Labute approximate surface area is 64.6 Å². The van der Waals surface area contributed by atoms with Crippen LogP contribution in [-0.4, -0.2) is 9.79 Å². The predicted molar refractivity (Wildman–Crippen MR) is 13.8 cm³/mol. The molecule has 5 nitrogen and oxygen atoms in total. The number of hydrogen-bond donors (Lipinski definition) is 2. The minimum Gasteiger partial charge on any atom is 0 e. The number of hydrogen-bond acceptors (Lipinski definition) is 3. The summed E-state index contributed by atoms with van der Waals surface area (Å²) in [5.74, 6) is 0. The Balaban J connectivity index is 0. The molecule has 8 heteroatoms. The zero-order chi connectivity index (χ0) is 5.91. The molecule has 0 fully saturated rings. The van der Waals surface area contributed by atoms with Gasteiger partial charge in [-0.05, 0) is 0 Å². The van der Waals surface area contributed by atoms with E-state index in [2.05, 4.69) is 3.45 Å². The van der Waals surface area contributed by atoms with Crippen LogP contribution in [-0.2, 0) is 46.8 Å². The molecule has 8 heavy (non-hydrogen) atoms. The molecule has 47 valence electrons. The molecule has 2 N–H and O–H groups in total. The topological polar surface area (TPSA) is 83.8 Å². The fraction of sp³-hybridized carbons (Fsp3) is 0. The third-order valence-electron chi connectivity index (χ3n) is 0.140. The smallest absolute Gasteiger partial charge is 0 e. The van der Waals surface area contributed by atoms with Crippen LogP contribution in [0.5, 0.6) is 0 Å². The van der Waals surface area contributed by atoms with E-state index in [1.54, 1.807) is 0 Å². The van der Waals surface area contributed by atoms with Gasteiger partial charge in [0, 0.05) is 18.6 Å². The summed E-state index contributed by atoms with van der Waals surface area (Å²) >= 11 is -1.88. The average Bonchev–Trinajstić information content (AvgIpc) is 1.30. The van der Waals surface area contributed by atoms with Crippen molar-refractivity contribution >= 4 is 7.82 Å². The Kier molecular flexibility index (Phi) is 7.26. The van der Waals surface area contributed by atoms with E-state index in [4.69, 9.17) is 9.79 Å². The average molecular weight is 215 g/mol. The zero-order valence-corrected chi connectivity index (χ0v) is 7.15. The molecule has 0 saturated carbocycles. The van der Waals surface area contributed by atoms with Gasteiger partial charge in [0.15, 0.2) is 0 Å². The second kappa shape index (κ2) is 4.91. The van der Waals surface area contributed by atoms with Crippen molar-refractivity contribution in [3.63, 3.8) is 0 Å². The number of phosphoric acid groups is 1. The van der Waals surface area contributed by atoms with Crippen molar-refractivity contribution in [2.45, 2.75) is 0 Å². The van der Waals surface area contributed by atoms with Gasteiger partial charge in [0.1, 0.15) is 0 Å². The first-order chi connectivity index (χ1) is 3.06. The Morgan fingerprint density at radius 3 is 1.88 bits per heavy atom. The maximum absolute atomic E-state index is 9.53. The van der Waals surface area contributed by atoms with E-state index in [1.165, 1.54) is 0 Å². The van der Waals surface area contributed by atoms with E-state index >= 15 is 0 Å². The Hall–Kier alpha value is 1.08. The third-order valence-corrected chi connectivity index (χ3v) is 1.73. The quantitative estimate of drug-likeness (QED) is 0.602. The summed E-state index contributed by atoms with van der Waals surface area (Å²) in [7, 11) is -4.44. The van der Waals surface area contributed by atoms with E-state index in [0.717, 1.165) is 0 Å². The van der Waals surface area contributed by atoms with Gasteiger partial charge in [0.05, 0.1) is 0 Å². The maximum atomic E-state index is 9.53. The van der Waals surface area contributed by atoms with Crippen LogP contribution in [0.15, 0.2) is 0 Å². The van der Waals surface area contributed by atoms with Gasteiger partial charge in [-0.15, -0.1) is 0 Å². The van der Waals surface area contributed by atoms with Crippen molar-refractivity contribution in [3.8, 4) is 0 Å². The summed E-state index contributed by atoms with van der Waals surface area (Å²) in [6, 6.07) is 0. The van der Waals surface area contributed by atoms with Crippen molar-refractivity contribution in [2.75, 3.05) is 0 Å². The molecule has 0 bridgehead atoms. The first-order valence-corrected chi connectivity index (χ1v) is 3.80. The van der Waals surface area contributed by atoms with Crippen LogP contribution >= 0.6 is 7.82 Å². The van der Waals surface area contributed by atoms with Crippen LogP contribution in [0.3, 0.4) is 0 Å². The van der Waals surface area contributed by atoms with E-state index in [1.807, 2.05) is 0 Å². The van der Waals surface area contributed by atoms with Crippen molar-refractivity contribution in [2.24, 2.45) is 0 Å². The van der Waals surface area contributed by atoms with Gasteiger partial charge in [-0.1, -0.05) is 0 Å².